The largest absolute Gasteiger partial charge is 0.217 e. The summed E-state index contributed by atoms with van der Waals surface area (Å²) in [5.74, 6) is 0. The molecule has 1 aromatic rings. The van der Waals surface area contributed by atoms with Crippen LogP contribution in [0.4, 0.5) is 0 Å². The van der Waals surface area contributed by atoms with Crippen LogP contribution in [0.3, 0.4) is 0 Å². The predicted octanol–water partition coefficient (Wildman–Crippen LogP) is 0.730. The van der Waals surface area contributed by atoms with Gasteiger partial charge in [0.15, 0.2) is 0 Å². The third-order valence-electron chi connectivity index (χ3n) is 1.54. The Kier molecular flexibility index (Phi) is 1.37. The van der Waals surface area contributed by atoms with Crippen molar-refractivity contribution in [3.63, 3.8) is 0 Å². The van der Waals surface area contributed by atoms with Crippen LogP contribution in [0.15, 0.2) is 5.16 Å². The van der Waals surface area contributed by atoms with E-state index in [0.717, 1.165) is 5.16 Å². The Hall–Kier alpha value is -0.580. The highest BCUT2D eigenvalue weighted by molar-refractivity contribution is 7.98. The molecule has 5 heteroatoms. The number of tetrazole rings is 1. The number of thioether (sulfide) groups is 1. The highest BCUT2D eigenvalue weighted by Crippen LogP contribution is 2.35. The van der Waals surface area contributed by atoms with Gasteiger partial charge < -0.3 is 0 Å². The van der Waals surface area contributed by atoms with Gasteiger partial charge in [-0.15, -0.1) is 5.10 Å². The maximum Gasteiger partial charge on any atom is 0.209 e. The van der Waals surface area contributed by atoms with E-state index in [4.69, 9.17) is 0 Å². The third-order valence-corrected chi connectivity index (χ3v) is 2.17. The first-order valence-electron chi connectivity index (χ1n) is 3.23. The Morgan fingerprint density at radius 2 is 2.40 bits per heavy atom. The first-order valence-corrected chi connectivity index (χ1v) is 4.46. The summed E-state index contributed by atoms with van der Waals surface area (Å²) in [4.78, 5) is 0. The van der Waals surface area contributed by atoms with Gasteiger partial charge in [0.1, 0.15) is 0 Å². The molecular formula is C5H8N4S. The van der Waals surface area contributed by atoms with Gasteiger partial charge in [-0.1, -0.05) is 11.8 Å². The molecule has 1 aliphatic rings. The molecule has 1 heterocycles. The molecule has 10 heavy (non-hydrogen) atoms. The predicted molar refractivity (Wildman–Crippen MR) is 37.9 cm³/mol. The van der Waals surface area contributed by atoms with Crippen molar-refractivity contribution in [3.05, 3.63) is 0 Å². The Labute approximate surface area is 63.0 Å². The molecule has 0 atom stereocenters. The van der Waals surface area contributed by atoms with Gasteiger partial charge in [-0.25, -0.2) is 4.68 Å². The molecule has 0 saturated heterocycles. The lowest BCUT2D eigenvalue weighted by atomic mass is 10.7. The van der Waals surface area contributed by atoms with E-state index in [1.807, 2.05) is 10.9 Å². The highest BCUT2D eigenvalue weighted by atomic mass is 32.2. The zero-order valence-corrected chi connectivity index (χ0v) is 6.51. The van der Waals surface area contributed by atoms with Gasteiger partial charge in [0, 0.05) is 0 Å². The van der Waals surface area contributed by atoms with E-state index in [1.54, 1.807) is 11.8 Å². The molecular weight excluding hydrogens is 148 g/mol. The van der Waals surface area contributed by atoms with E-state index in [1.165, 1.54) is 12.8 Å². The molecule has 0 N–H and O–H groups in total. The van der Waals surface area contributed by atoms with Crippen molar-refractivity contribution in [3.8, 4) is 0 Å². The molecule has 4 nitrogen and oxygen atoms in total. The number of aromatic nitrogens is 4. The van der Waals surface area contributed by atoms with Crippen LogP contribution >= 0.6 is 11.8 Å². The van der Waals surface area contributed by atoms with Crippen LogP contribution in [0, 0.1) is 0 Å². The second kappa shape index (κ2) is 2.23. The molecule has 0 spiro atoms. The minimum absolute atomic E-state index is 0.595. The standard InChI is InChI=1S/C5H8N4S/c1-10-5-6-7-8-9(5)4-2-3-4/h4H,2-3H2,1H3. The summed E-state index contributed by atoms with van der Waals surface area (Å²) in [5, 5.41) is 12.3. The van der Waals surface area contributed by atoms with Crippen molar-refractivity contribution in [2.75, 3.05) is 6.26 Å². The molecule has 0 radical (unpaired) electrons. The van der Waals surface area contributed by atoms with Gasteiger partial charge in [0.2, 0.25) is 5.16 Å². The maximum atomic E-state index is 3.88. The Bertz CT molecular complexity index is 229. The van der Waals surface area contributed by atoms with Crippen LogP contribution in [0.1, 0.15) is 18.9 Å². The fourth-order valence-corrected chi connectivity index (χ4v) is 1.36. The monoisotopic (exact) mass is 156 g/mol. The van der Waals surface area contributed by atoms with Gasteiger partial charge in [-0.05, 0) is 29.5 Å². The molecule has 0 aliphatic heterocycles. The van der Waals surface area contributed by atoms with Crippen LogP contribution in [0.25, 0.3) is 0 Å². The SMILES string of the molecule is CSc1nnnn1C1CC1. The van der Waals surface area contributed by atoms with E-state index in [2.05, 4.69) is 15.5 Å². The fraction of sp³-hybridized carbons (Fsp3) is 0.800. The first-order chi connectivity index (χ1) is 4.92. The minimum atomic E-state index is 0.595. The van der Waals surface area contributed by atoms with Crippen LogP contribution in [-0.2, 0) is 0 Å². The molecule has 54 valence electrons. The van der Waals surface area contributed by atoms with Gasteiger partial charge in [-0.3, -0.25) is 0 Å². The second-order valence-electron chi connectivity index (χ2n) is 2.34. The molecule has 1 aromatic heterocycles. The first kappa shape index (κ1) is 6.15. The molecule has 0 bridgehead atoms. The van der Waals surface area contributed by atoms with Gasteiger partial charge in [0.05, 0.1) is 6.04 Å². The topological polar surface area (TPSA) is 43.6 Å². The van der Waals surface area contributed by atoms with Gasteiger partial charge >= 0.3 is 0 Å². The van der Waals surface area contributed by atoms with E-state index >= 15 is 0 Å². The molecule has 1 fully saturated rings. The van der Waals surface area contributed by atoms with Crippen molar-refractivity contribution >= 4 is 11.8 Å². The van der Waals surface area contributed by atoms with Gasteiger partial charge in [0.25, 0.3) is 0 Å². The zero-order valence-electron chi connectivity index (χ0n) is 5.69. The second-order valence-corrected chi connectivity index (χ2v) is 3.11. The smallest absolute Gasteiger partial charge is 0.209 e. The number of rotatable bonds is 2. The summed E-state index contributed by atoms with van der Waals surface area (Å²) >= 11 is 1.60. The summed E-state index contributed by atoms with van der Waals surface area (Å²) in [6.45, 7) is 0. The van der Waals surface area contributed by atoms with E-state index < -0.39 is 0 Å². The molecule has 1 saturated carbocycles. The quantitative estimate of drug-likeness (QED) is 0.592. The Morgan fingerprint density at radius 3 is 3.00 bits per heavy atom. The fourth-order valence-electron chi connectivity index (χ4n) is 0.868. The van der Waals surface area contributed by atoms with Crippen molar-refractivity contribution in [2.24, 2.45) is 0 Å². The maximum absolute atomic E-state index is 3.88. The normalized spacial score (nSPS) is 17.7. The number of hydrogen-bond acceptors (Lipinski definition) is 4. The lowest BCUT2D eigenvalue weighted by Crippen LogP contribution is -1.97. The molecule has 1 aliphatic carbocycles. The van der Waals surface area contributed by atoms with Crippen LogP contribution < -0.4 is 0 Å². The van der Waals surface area contributed by atoms with Crippen molar-refractivity contribution < 1.29 is 0 Å². The zero-order chi connectivity index (χ0) is 6.97. The summed E-state index contributed by atoms with van der Waals surface area (Å²) in [6.07, 6.45) is 4.46. The number of hydrogen-bond donors (Lipinski definition) is 0. The van der Waals surface area contributed by atoms with E-state index in [-0.39, 0.29) is 0 Å². The summed E-state index contributed by atoms with van der Waals surface area (Å²) in [7, 11) is 0. The minimum Gasteiger partial charge on any atom is -0.217 e. The van der Waals surface area contributed by atoms with Crippen molar-refractivity contribution in [1.82, 2.24) is 20.2 Å². The summed E-state index contributed by atoms with van der Waals surface area (Å²) in [5.41, 5.74) is 0. The Balaban J connectivity index is 2.28. The third kappa shape index (κ3) is 0.901. The lowest BCUT2D eigenvalue weighted by molar-refractivity contribution is 0.566. The molecule has 0 unspecified atom stereocenters. The average Bonchev–Trinajstić information content (AvgIpc) is 2.69. The summed E-state index contributed by atoms with van der Waals surface area (Å²) in [6, 6.07) is 0.595. The Morgan fingerprint density at radius 1 is 1.60 bits per heavy atom. The average molecular weight is 156 g/mol. The number of nitrogens with zero attached hydrogens (tertiary/aromatic N) is 4. The van der Waals surface area contributed by atoms with Crippen LogP contribution in [0.2, 0.25) is 0 Å². The van der Waals surface area contributed by atoms with Crippen molar-refractivity contribution in [1.29, 1.82) is 0 Å². The van der Waals surface area contributed by atoms with Crippen LogP contribution in [0.5, 0.6) is 0 Å². The van der Waals surface area contributed by atoms with E-state index in [9.17, 15) is 0 Å². The van der Waals surface area contributed by atoms with Crippen LogP contribution in [-0.4, -0.2) is 26.5 Å². The van der Waals surface area contributed by atoms with E-state index in [0.29, 0.717) is 6.04 Å². The summed E-state index contributed by atoms with van der Waals surface area (Å²) < 4.78 is 1.91. The lowest BCUT2D eigenvalue weighted by Gasteiger charge is -1.95. The molecule has 0 amide bonds. The van der Waals surface area contributed by atoms with Crippen molar-refractivity contribution in [2.45, 2.75) is 24.0 Å². The highest BCUT2D eigenvalue weighted by Gasteiger charge is 2.27. The molecule has 0 aromatic carbocycles. The van der Waals surface area contributed by atoms with Gasteiger partial charge in [-0.2, -0.15) is 0 Å². The molecule has 2 rings (SSSR count).